The zero-order chi connectivity index (χ0) is 19.6. The third kappa shape index (κ3) is 3.45. The van der Waals surface area contributed by atoms with Gasteiger partial charge >= 0.3 is 0 Å². The lowest BCUT2D eigenvalue weighted by atomic mass is 9.84. The van der Waals surface area contributed by atoms with Crippen molar-refractivity contribution in [3.05, 3.63) is 64.7 Å². The molecule has 0 saturated heterocycles. The van der Waals surface area contributed by atoms with Crippen LogP contribution in [0.5, 0.6) is 0 Å². The quantitative estimate of drug-likeness (QED) is 0.622. The molecule has 7 heteroatoms. The molecular formula is C20H21NO5S. The van der Waals surface area contributed by atoms with Crippen molar-refractivity contribution in [2.45, 2.75) is 18.2 Å². The molecule has 2 aromatic carbocycles. The van der Waals surface area contributed by atoms with E-state index in [9.17, 15) is 18.0 Å². The number of sulfonamides is 1. The van der Waals surface area contributed by atoms with E-state index in [0.29, 0.717) is 24.1 Å². The second-order valence-corrected chi connectivity index (χ2v) is 8.25. The van der Waals surface area contributed by atoms with Crippen molar-refractivity contribution in [2.24, 2.45) is 0 Å². The molecular weight excluding hydrogens is 366 g/mol. The number of benzene rings is 2. The maximum Gasteiger partial charge on any atom is 0.243 e. The van der Waals surface area contributed by atoms with Crippen LogP contribution in [0.3, 0.4) is 0 Å². The van der Waals surface area contributed by atoms with Crippen molar-refractivity contribution >= 4 is 21.6 Å². The summed E-state index contributed by atoms with van der Waals surface area (Å²) in [5.41, 5.74) is 1.01. The van der Waals surface area contributed by atoms with Crippen LogP contribution in [0, 0.1) is 0 Å². The molecule has 0 saturated carbocycles. The number of ketones is 2. The topological polar surface area (TPSA) is 80.8 Å². The third-order valence-corrected chi connectivity index (χ3v) is 6.45. The lowest BCUT2D eigenvalue weighted by Gasteiger charge is -2.23. The van der Waals surface area contributed by atoms with Crippen LogP contribution in [0.15, 0.2) is 47.4 Å². The fraction of sp³-hybridized carbons (Fsp3) is 0.300. The summed E-state index contributed by atoms with van der Waals surface area (Å²) in [6.45, 7) is 2.73. The molecule has 1 aliphatic carbocycles. The molecule has 0 aromatic heterocycles. The highest BCUT2D eigenvalue weighted by molar-refractivity contribution is 7.89. The van der Waals surface area contributed by atoms with Gasteiger partial charge in [-0.05, 0) is 24.6 Å². The minimum absolute atomic E-state index is 0.00586. The highest BCUT2D eigenvalue weighted by atomic mass is 32.2. The van der Waals surface area contributed by atoms with E-state index >= 15 is 0 Å². The largest absolute Gasteiger partial charge is 0.383 e. The predicted octanol–water partition coefficient (Wildman–Crippen LogP) is 2.51. The summed E-state index contributed by atoms with van der Waals surface area (Å²) in [7, 11) is -2.29. The van der Waals surface area contributed by atoms with E-state index in [0.717, 1.165) is 0 Å². The van der Waals surface area contributed by atoms with E-state index in [1.165, 1.54) is 29.6 Å². The average Bonchev–Trinajstić information content (AvgIpc) is 2.68. The number of ether oxygens (including phenoxy) is 1. The van der Waals surface area contributed by atoms with E-state index in [4.69, 9.17) is 4.74 Å². The zero-order valence-electron chi connectivity index (χ0n) is 15.3. The molecule has 0 unspecified atom stereocenters. The predicted molar refractivity (Wildman–Crippen MR) is 101 cm³/mol. The molecule has 0 radical (unpaired) electrons. The molecule has 0 heterocycles. The Morgan fingerprint density at radius 2 is 1.48 bits per heavy atom. The molecule has 0 fully saturated rings. The molecule has 0 spiro atoms. The van der Waals surface area contributed by atoms with E-state index < -0.39 is 10.0 Å². The Hall–Kier alpha value is -2.35. The normalized spacial score (nSPS) is 13.6. The summed E-state index contributed by atoms with van der Waals surface area (Å²) in [6, 6.07) is 10.7. The van der Waals surface area contributed by atoms with Crippen LogP contribution in [0.4, 0.5) is 0 Å². The van der Waals surface area contributed by atoms with Gasteiger partial charge in [0.15, 0.2) is 11.6 Å². The Bertz CT molecular complexity index is 997. The molecule has 1 aliphatic rings. The van der Waals surface area contributed by atoms with Gasteiger partial charge in [-0.15, -0.1) is 0 Å². The number of nitrogens with zero attached hydrogens (tertiary/aromatic N) is 1. The molecule has 0 aliphatic heterocycles. The molecule has 2 aromatic rings. The van der Waals surface area contributed by atoms with Crippen molar-refractivity contribution < 1.29 is 22.7 Å². The Morgan fingerprint density at radius 3 is 2.07 bits per heavy atom. The Balaban J connectivity index is 2.05. The van der Waals surface area contributed by atoms with Crippen LogP contribution in [0.1, 0.15) is 45.2 Å². The summed E-state index contributed by atoms with van der Waals surface area (Å²) >= 11 is 0. The van der Waals surface area contributed by atoms with Gasteiger partial charge < -0.3 is 4.74 Å². The second kappa shape index (κ2) is 7.72. The number of carbonyl (C=O) groups is 2. The van der Waals surface area contributed by atoms with Gasteiger partial charge in [0.05, 0.1) is 11.5 Å². The van der Waals surface area contributed by atoms with Crippen LogP contribution in [0.25, 0.3) is 0 Å². The molecule has 0 N–H and O–H groups in total. The molecule has 3 rings (SSSR count). The van der Waals surface area contributed by atoms with E-state index in [-0.39, 0.29) is 40.7 Å². The zero-order valence-corrected chi connectivity index (χ0v) is 16.1. The van der Waals surface area contributed by atoms with E-state index in [1.54, 1.807) is 24.3 Å². The highest BCUT2D eigenvalue weighted by Crippen LogP contribution is 2.29. The lowest BCUT2D eigenvalue weighted by Crippen LogP contribution is -2.35. The fourth-order valence-corrected chi connectivity index (χ4v) is 4.73. The summed E-state index contributed by atoms with van der Waals surface area (Å²) < 4.78 is 32.4. The molecule has 142 valence electrons. The number of hydrogen-bond acceptors (Lipinski definition) is 5. The molecule has 27 heavy (non-hydrogen) atoms. The van der Waals surface area contributed by atoms with Crippen LogP contribution < -0.4 is 0 Å². The monoisotopic (exact) mass is 387 g/mol. The van der Waals surface area contributed by atoms with Crippen LogP contribution in [-0.4, -0.2) is 51.1 Å². The average molecular weight is 387 g/mol. The molecule has 6 nitrogen and oxygen atoms in total. The van der Waals surface area contributed by atoms with Crippen molar-refractivity contribution in [3.8, 4) is 0 Å². The first-order valence-corrected chi connectivity index (χ1v) is 10.2. The smallest absolute Gasteiger partial charge is 0.243 e. The van der Waals surface area contributed by atoms with Gasteiger partial charge in [-0.3, -0.25) is 9.59 Å². The van der Waals surface area contributed by atoms with Gasteiger partial charge in [0, 0.05) is 42.5 Å². The molecule has 0 bridgehead atoms. The minimum atomic E-state index is -3.80. The van der Waals surface area contributed by atoms with Crippen LogP contribution in [-0.2, 0) is 14.8 Å². The third-order valence-electron chi connectivity index (χ3n) is 4.55. The number of carbonyl (C=O) groups excluding carboxylic acids is 2. The summed E-state index contributed by atoms with van der Waals surface area (Å²) in [5, 5.41) is 0. The number of rotatable bonds is 7. The van der Waals surface area contributed by atoms with Gasteiger partial charge in [-0.25, -0.2) is 8.42 Å². The standard InChI is InChI=1S/C20H21NO5S/c1-3-10-21(11-12-26-2)27(24,25)14-8-9-17-18(13-14)20(23)16-7-5-4-6-15(16)19(17)22/h4-9,13H,3,10-12H2,1-2H3. The maximum absolute atomic E-state index is 13.0. The molecule has 0 amide bonds. The van der Waals surface area contributed by atoms with Gasteiger partial charge in [0.1, 0.15) is 0 Å². The van der Waals surface area contributed by atoms with Crippen LogP contribution >= 0.6 is 0 Å². The lowest BCUT2D eigenvalue weighted by molar-refractivity contribution is 0.0979. The first kappa shape index (κ1) is 19.4. The first-order valence-electron chi connectivity index (χ1n) is 8.73. The summed E-state index contributed by atoms with van der Waals surface area (Å²) in [4.78, 5) is 25.5. The maximum atomic E-state index is 13.0. The Labute approximate surface area is 158 Å². The van der Waals surface area contributed by atoms with E-state index in [1.807, 2.05) is 6.92 Å². The SMILES string of the molecule is CCCN(CCOC)S(=O)(=O)c1ccc2c(c1)C(=O)c1ccccc1C2=O. The van der Waals surface area contributed by atoms with Crippen molar-refractivity contribution in [1.29, 1.82) is 0 Å². The molecule has 0 atom stereocenters. The van der Waals surface area contributed by atoms with Crippen molar-refractivity contribution in [2.75, 3.05) is 26.8 Å². The van der Waals surface area contributed by atoms with E-state index in [2.05, 4.69) is 0 Å². The van der Waals surface area contributed by atoms with Gasteiger partial charge in [-0.2, -0.15) is 4.31 Å². The summed E-state index contributed by atoms with van der Waals surface area (Å²) in [5.74, 6) is -0.606. The number of hydrogen-bond donors (Lipinski definition) is 0. The van der Waals surface area contributed by atoms with Crippen molar-refractivity contribution in [3.63, 3.8) is 0 Å². The van der Waals surface area contributed by atoms with Gasteiger partial charge in [0.2, 0.25) is 10.0 Å². The highest BCUT2D eigenvalue weighted by Gasteiger charge is 2.32. The number of fused-ring (bicyclic) bond motifs is 2. The fourth-order valence-electron chi connectivity index (χ4n) is 3.18. The van der Waals surface area contributed by atoms with Crippen molar-refractivity contribution in [1.82, 2.24) is 4.31 Å². The number of methoxy groups -OCH3 is 1. The summed E-state index contributed by atoms with van der Waals surface area (Å²) in [6.07, 6.45) is 0.651. The minimum Gasteiger partial charge on any atom is -0.383 e. The van der Waals surface area contributed by atoms with Gasteiger partial charge in [-0.1, -0.05) is 31.2 Å². The van der Waals surface area contributed by atoms with Gasteiger partial charge in [0.25, 0.3) is 0 Å². The Morgan fingerprint density at radius 1 is 0.889 bits per heavy atom. The first-order chi connectivity index (χ1) is 12.9. The second-order valence-electron chi connectivity index (χ2n) is 6.31. The van der Waals surface area contributed by atoms with Crippen LogP contribution in [0.2, 0.25) is 0 Å². The Kier molecular flexibility index (Phi) is 5.55.